The Morgan fingerprint density at radius 2 is 1.87 bits per heavy atom. The van der Waals surface area contributed by atoms with Gasteiger partial charge in [-0.05, 0) is 66.3 Å². The van der Waals surface area contributed by atoms with Gasteiger partial charge in [0.1, 0.15) is 5.75 Å². The van der Waals surface area contributed by atoms with E-state index in [1.807, 2.05) is 60.4 Å². The van der Waals surface area contributed by atoms with E-state index in [9.17, 15) is 4.79 Å². The highest BCUT2D eigenvalue weighted by atomic mass is 32.1. The van der Waals surface area contributed by atoms with Crippen LogP contribution in [0.4, 0.5) is 0 Å². The van der Waals surface area contributed by atoms with Gasteiger partial charge in [-0.25, -0.2) is 0 Å². The van der Waals surface area contributed by atoms with Gasteiger partial charge in [-0.3, -0.25) is 4.79 Å². The van der Waals surface area contributed by atoms with Crippen molar-refractivity contribution in [2.45, 2.75) is 26.4 Å². The van der Waals surface area contributed by atoms with Crippen LogP contribution in [0.1, 0.15) is 23.1 Å². The highest BCUT2D eigenvalue weighted by Gasteiger charge is 2.14. The maximum absolute atomic E-state index is 12.8. The van der Waals surface area contributed by atoms with E-state index >= 15 is 0 Å². The third-order valence-corrected chi connectivity index (χ3v) is 5.46. The van der Waals surface area contributed by atoms with Crippen molar-refractivity contribution in [1.82, 2.24) is 15.2 Å². The summed E-state index contributed by atoms with van der Waals surface area (Å²) in [4.78, 5) is 17.8. The van der Waals surface area contributed by atoms with Crippen LogP contribution in [0.3, 0.4) is 0 Å². The molecule has 0 radical (unpaired) electrons. The summed E-state index contributed by atoms with van der Waals surface area (Å²) >= 11 is 5.67. The number of benzene rings is 2. The summed E-state index contributed by atoms with van der Waals surface area (Å²) in [6.45, 7) is 4.36. The molecule has 0 amide bonds. The Balaban J connectivity index is 1.83. The van der Waals surface area contributed by atoms with Gasteiger partial charge in [0.25, 0.3) is 5.56 Å². The minimum Gasteiger partial charge on any atom is -0.497 e. The number of methoxy groups -OCH3 is 2. The van der Waals surface area contributed by atoms with Crippen LogP contribution in [0.25, 0.3) is 10.9 Å². The molecule has 0 unspecified atom stereocenters. The number of hydrogen-bond donors (Lipinski definition) is 2. The van der Waals surface area contributed by atoms with Gasteiger partial charge in [-0.15, -0.1) is 0 Å². The number of hydrogen-bond acceptors (Lipinski definition) is 4. The fraction of sp³-hybridized carbons (Fsp3) is 0.333. The van der Waals surface area contributed by atoms with Gasteiger partial charge in [-0.2, -0.15) is 0 Å². The van der Waals surface area contributed by atoms with Gasteiger partial charge in [0.2, 0.25) is 0 Å². The molecule has 1 heterocycles. The Kier molecular flexibility index (Phi) is 8.03. The Bertz CT molecular complexity index is 1080. The van der Waals surface area contributed by atoms with Crippen molar-refractivity contribution >= 4 is 28.2 Å². The lowest BCUT2D eigenvalue weighted by Crippen LogP contribution is -2.40. The van der Waals surface area contributed by atoms with Crippen molar-refractivity contribution < 1.29 is 9.47 Å². The Hall–Kier alpha value is -2.90. The topological polar surface area (TPSA) is 66.6 Å². The van der Waals surface area contributed by atoms with Crippen LogP contribution in [0.5, 0.6) is 5.75 Å². The van der Waals surface area contributed by atoms with E-state index in [-0.39, 0.29) is 5.56 Å². The third kappa shape index (κ3) is 6.29. The van der Waals surface area contributed by atoms with Gasteiger partial charge in [0.05, 0.1) is 13.7 Å². The second-order valence-corrected chi connectivity index (χ2v) is 7.88. The minimum atomic E-state index is -0.0972. The molecule has 0 aliphatic rings. The quantitative estimate of drug-likeness (QED) is 0.391. The Labute approximate surface area is 188 Å². The number of H-pyrrole nitrogens is 1. The molecule has 0 aliphatic heterocycles. The standard InChI is InChI=1S/C24H29N3O3S/c1-17-5-8-19-14-20(23(28)26-22(19)13-17)16-27(24(31)25-11-4-12-29-2)15-18-6-9-21(30-3)10-7-18/h5-10,13-14H,4,11-12,15-16H2,1-3H3,(H,25,31)(H,26,28). The first kappa shape index (κ1) is 22.8. The lowest BCUT2D eigenvalue weighted by Gasteiger charge is -2.26. The first-order chi connectivity index (χ1) is 15.0. The van der Waals surface area contributed by atoms with Gasteiger partial charge >= 0.3 is 0 Å². The average Bonchev–Trinajstić information content (AvgIpc) is 2.77. The lowest BCUT2D eigenvalue weighted by atomic mass is 10.1. The number of rotatable bonds is 9. The van der Waals surface area contributed by atoms with Crippen LogP contribution in [0.2, 0.25) is 0 Å². The van der Waals surface area contributed by atoms with Gasteiger partial charge in [0, 0.05) is 37.9 Å². The molecular weight excluding hydrogens is 410 g/mol. The summed E-state index contributed by atoms with van der Waals surface area (Å²) in [6, 6.07) is 15.9. The number of ether oxygens (including phenoxy) is 2. The van der Waals surface area contributed by atoms with E-state index in [2.05, 4.69) is 10.3 Å². The van der Waals surface area contributed by atoms with Crippen molar-refractivity contribution in [1.29, 1.82) is 0 Å². The number of thiocarbonyl (C=S) groups is 1. The van der Waals surface area contributed by atoms with E-state index in [1.165, 1.54) is 0 Å². The molecule has 31 heavy (non-hydrogen) atoms. The highest BCUT2D eigenvalue weighted by molar-refractivity contribution is 7.80. The molecule has 2 aromatic carbocycles. The maximum Gasteiger partial charge on any atom is 0.253 e. The summed E-state index contributed by atoms with van der Waals surface area (Å²) in [7, 11) is 3.33. The molecule has 7 heteroatoms. The van der Waals surface area contributed by atoms with Crippen molar-refractivity contribution in [2.75, 3.05) is 27.4 Å². The van der Waals surface area contributed by atoms with E-state index in [0.29, 0.717) is 36.9 Å². The minimum absolute atomic E-state index is 0.0972. The smallest absolute Gasteiger partial charge is 0.253 e. The number of pyridine rings is 1. The monoisotopic (exact) mass is 439 g/mol. The molecule has 0 saturated carbocycles. The molecule has 0 saturated heterocycles. The van der Waals surface area contributed by atoms with Crippen molar-refractivity contribution in [3.63, 3.8) is 0 Å². The molecule has 0 bridgehead atoms. The molecule has 3 rings (SSSR count). The first-order valence-electron chi connectivity index (χ1n) is 10.3. The van der Waals surface area contributed by atoms with Crippen LogP contribution in [-0.2, 0) is 17.8 Å². The summed E-state index contributed by atoms with van der Waals surface area (Å²) < 4.78 is 10.4. The number of aromatic nitrogens is 1. The lowest BCUT2D eigenvalue weighted by molar-refractivity contribution is 0.195. The number of aryl methyl sites for hydroxylation is 1. The van der Waals surface area contributed by atoms with Gasteiger partial charge < -0.3 is 24.7 Å². The molecular formula is C24H29N3O3S. The molecule has 0 spiro atoms. The van der Waals surface area contributed by atoms with Crippen molar-refractivity contribution in [3.05, 3.63) is 75.6 Å². The molecule has 0 fully saturated rings. The highest BCUT2D eigenvalue weighted by Crippen LogP contribution is 2.17. The number of nitrogens with zero attached hydrogens (tertiary/aromatic N) is 1. The molecule has 3 aromatic rings. The fourth-order valence-electron chi connectivity index (χ4n) is 3.36. The zero-order valence-corrected chi connectivity index (χ0v) is 19.1. The fourth-order valence-corrected chi connectivity index (χ4v) is 3.59. The molecule has 6 nitrogen and oxygen atoms in total. The summed E-state index contributed by atoms with van der Waals surface area (Å²) in [5.41, 5.74) is 3.61. The van der Waals surface area contributed by atoms with Gasteiger partial charge in [-0.1, -0.05) is 24.3 Å². The van der Waals surface area contributed by atoms with Crippen LogP contribution in [0, 0.1) is 6.92 Å². The summed E-state index contributed by atoms with van der Waals surface area (Å²) in [5.74, 6) is 0.803. The zero-order valence-electron chi connectivity index (χ0n) is 18.2. The van der Waals surface area contributed by atoms with Crippen molar-refractivity contribution in [3.8, 4) is 5.75 Å². The van der Waals surface area contributed by atoms with Crippen LogP contribution in [-0.4, -0.2) is 42.4 Å². The van der Waals surface area contributed by atoms with E-state index in [4.69, 9.17) is 21.7 Å². The molecule has 0 aliphatic carbocycles. The van der Waals surface area contributed by atoms with Gasteiger partial charge in [0.15, 0.2) is 5.11 Å². The number of nitrogens with one attached hydrogen (secondary N) is 2. The van der Waals surface area contributed by atoms with Crippen molar-refractivity contribution in [2.24, 2.45) is 0 Å². The van der Waals surface area contributed by atoms with E-state index in [0.717, 1.165) is 34.2 Å². The average molecular weight is 440 g/mol. The summed E-state index contributed by atoms with van der Waals surface area (Å²) in [5, 5.41) is 4.90. The van der Waals surface area contributed by atoms with E-state index < -0.39 is 0 Å². The first-order valence-corrected chi connectivity index (χ1v) is 10.7. The SMILES string of the molecule is COCCCNC(=S)N(Cc1ccc(OC)cc1)Cc1cc2ccc(C)cc2[nH]c1=O. The molecule has 2 N–H and O–H groups in total. The predicted octanol–water partition coefficient (Wildman–Crippen LogP) is 3.76. The molecule has 1 aromatic heterocycles. The molecule has 0 atom stereocenters. The zero-order chi connectivity index (χ0) is 22.2. The summed E-state index contributed by atoms with van der Waals surface area (Å²) in [6.07, 6.45) is 0.850. The molecule has 164 valence electrons. The van der Waals surface area contributed by atoms with Crippen LogP contribution in [0.15, 0.2) is 53.3 Å². The largest absolute Gasteiger partial charge is 0.497 e. The number of aromatic amines is 1. The second kappa shape index (κ2) is 10.9. The predicted molar refractivity (Wildman–Crippen MR) is 129 cm³/mol. The third-order valence-electron chi connectivity index (χ3n) is 5.06. The number of fused-ring (bicyclic) bond motifs is 1. The van der Waals surface area contributed by atoms with Crippen LogP contribution < -0.4 is 15.6 Å². The normalized spacial score (nSPS) is 10.8. The Morgan fingerprint density at radius 1 is 1.10 bits per heavy atom. The Morgan fingerprint density at radius 3 is 2.58 bits per heavy atom. The second-order valence-electron chi connectivity index (χ2n) is 7.50. The van der Waals surface area contributed by atoms with E-state index in [1.54, 1.807) is 14.2 Å². The van der Waals surface area contributed by atoms with Crippen LogP contribution >= 0.6 is 12.2 Å². The maximum atomic E-state index is 12.8.